The second-order valence-corrected chi connectivity index (χ2v) is 9.00. The van der Waals surface area contributed by atoms with Crippen LogP contribution in [0.15, 0.2) is 47.4 Å². The van der Waals surface area contributed by atoms with Crippen molar-refractivity contribution < 1.29 is 36.2 Å². The molecule has 0 aliphatic carbocycles. The first kappa shape index (κ1) is 23.7. The van der Waals surface area contributed by atoms with E-state index >= 15 is 0 Å². The van der Waals surface area contributed by atoms with Gasteiger partial charge in [-0.1, -0.05) is 12.1 Å². The van der Waals surface area contributed by atoms with Crippen LogP contribution in [0.5, 0.6) is 17.2 Å². The van der Waals surface area contributed by atoms with Crippen LogP contribution >= 0.6 is 0 Å². The normalized spacial score (nSPS) is 15.4. The van der Waals surface area contributed by atoms with E-state index in [-0.39, 0.29) is 48.2 Å². The van der Waals surface area contributed by atoms with Gasteiger partial charge in [0.2, 0.25) is 15.9 Å². The van der Waals surface area contributed by atoms with Crippen molar-refractivity contribution in [2.75, 3.05) is 32.6 Å². The van der Waals surface area contributed by atoms with Crippen LogP contribution in [0.4, 0.5) is 14.5 Å². The van der Waals surface area contributed by atoms with Crippen LogP contribution in [-0.4, -0.2) is 52.6 Å². The van der Waals surface area contributed by atoms with Crippen LogP contribution < -0.4 is 19.5 Å². The second-order valence-electron chi connectivity index (χ2n) is 7.06. The molecule has 0 atom stereocenters. The minimum Gasteiger partial charge on any atom is -0.493 e. The Kier molecular flexibility index (Phi) is 7.52. The number of halogens is 2. The molecule has 1 aliphatic heterocycles. The highest BCUT2D eigenvalue weighted by Crippen LogP contribution is 2.32. The number of ether oxygens (including phenoxy) is 3. The number of hydrogen-bond acceptors (Lipinski definition) is 6. The summed E-state index contributed by atoms with van der Waals surface area (Å²) in [5, 5.41) is 2.60. The van der Waals surface area contributed by atoms with Crippen LogP contribution in [0, 0.1) is 5.92 Å². The Morgan fingerprint density at radius 3 is 2.31 bits per heavy atom. The molecular weight excluding hydrogens is 446 g/mol. The zero-order valence-corrected chi connectivity index (χ0v) is 18.4. The van der Waals surface area contributed by atoms with E-state index < -0.39 is 22.6 Å². The minimum absolute atomic E-state index is 0.0659. The Labute approximate surface area is 185 Å². The third kappa shape index (κ3) is 5.28. The molecule has 1 saturated heterocycles. The standard InChI is InChI=1S/C21H24F2N2O6S/c1-29-18-8-7-15(13-19(18)30-2)32(27,28)25-11-9-14(10-12-25)20(26)24-16-5-3-4-6-17(16)31-21(22)23/h3-8,13-14,21H,9-12H2,1-2H3,(H,24,26). The average molecular weight is 470 g/mol. The first-order valence-electron chi connectivity index (χ1n) is 9.83. The van der Waals surface area contributed by atoms with Crippen molar-refractivity contribution >= 4 is 21.6 Å². The van der Waals surface area contributed by atoms with Crippen molar-refractivity contribution in [3.05, 3.63) is 42.5 Å². The van der Waals surface area contributed by atoms with Gasteiger partial charge < -0.3 is 19.5 Å². The summed E-state index contributed by atoms with van der Waals surface area (Å²) in [6.45, 7) is -2.73. The van der Waals surface area contributed by atoms with Gasteiger partial charge in [0.15, 0.2) is 11.5 Å². The molecule has 174 valence electrons. The molecule has 0 radical (unpaired) electrons. The predicted octanol–water partition coefficient (Wildman–Crippen LogP) is 3.34. The molecule has 2 aromatic carbocycles. The Morgan fingerprint density at radius 2 is 1.69 bits per heavy atom. The van der Waals surface area contributed by atoms with Gasteiger partial charge in [-0.3, -0.25) is 4.79 Å². The molecule has 2 aromatic rings. The lowest BCUT2D eigenvalue weighted by molar-refractivity contribution is -0.121. The van der Waals surface area contributed by atoms with Gasteiger partial charge in [-0.05, 0) is 37.1 Å². The molecule has 1 fully saturated rings. The average Bonchev–Trinajstić information content (AvgIpc) is 2.79. The highest BCUT2D eigenvalue weighted by atomic mass is 32.2. The molecule has 1 heterocycles. The van der Waals surface area contributed by atoms with Gasteiger partial charge in [-0.2, -0.15) is 13.1 Å². The number of piperidine rings is 1. The van der Waals surface area contributed by atoms with Gasteiger partial charge in [-0.15, -0.1) is 0 Å². The number of rotatable bonds is 8. The van der Waals surface area contributed by atoms with Crippen molar-refractivity contribution in [1.29, 1.82) is 0 Å². The van der Waals surface area contributed by atoms with E-state index in [0.717, 1.165) is 0 Å². The Balaban J connectivity index is 1.65. The van der Waals surface area contributed by atoms with Crippen molar-refractivity contribution in [1.82, 2.24) is 4.31 Å². The number of sulfonamides is 1. The molecule has 1 aliphatic rings. The van der Waals surface area contributed by atoms with E-state index in [1.54, 1.807) is 6.07 Å². The molecule has 0 unspecified atom stereocenters. The zero-order valence-electron chi connectivity index (χ0n) is 17.6. The largest absolute Gasteiger partial charge is 0.493 e. The van der Waals surface area contributed by atoms with Gasteiger partial charge in [0, 0.05) is 25.1 Å². The van der Waals surface area contributed by atoms with E-state index in [9.17, 15) is 22.0 Å². The van der Waals surface area contributed by atoms with E-state index in [1.807, 2.05) is 0 Å². The van der Waals surface area contributed by atoms with Crippen molar-refractivity contribution in [3.8, 4) is 17.2 Å². The van der Waals surface area contributed by atoms with Crippen molar-refractivity contribution in [3.63, 3.8) is 0 Å². The number of carbonyl (C=O) groups is 1. The molecule has 0 spiro atoms. The number of carbonyl (C=O) groups excluding carboxylic acids is 1. The number of alkyl halides is 2. The number of nitrogens with one attached hydrogen (secondary N) is 1. The number of anilines is 1. The number of para-hydroxylation sites is 2. The molecule has 0 aromatic heterocycles. The fraction of sp³-hybridized carbons (Fsp3) is 0.381. The third-order valence-corrected chi connectivity index (χ3v) is 7.07. The number of hydrogen-bond donors (Lipinski definition) is 1. The lowest BCUT2D eigenvalue weighted by atomic mass is 9.97. The first-order chi connectivity index (χ1) is 15.3. The number of amides is 1. The van der Waals surface area contributed by atoms with Gasteiger partial charge in [0.1, 0.15) is 5.75 Å². The summed E-state index contributed by atoms with van der Waals surface area (Å²) in [5.74, 6) is -0.264. The fourth-order valence-electron chi connectivity index (χ4n) is 3.49. The molecule has 11 heteroatoms. The fourth-order valence-corrected chi connectivity index (χ4v) is 4.97. The molecule has 0 bridgehead atoms. The SMILES string of the molecule is COc1ccc(S(=O)(=O)N2CCC(C(=O)Nc3ccccc3OC(F)F)CC2)cc1OC. The van der Waals surface area contributed by atoms with E-state index in [1.165, 1.54) is 54.9 Å². The van der Waals surface area contributed by atoms with Gasteiger partial charge in [0.05, 0.1) is 24.8 Å². The number of benzene rings is 2. The summed E-state index contributed by atoms with van der Waals surface area (Å²) in [7, 11) is -0.907. The van der Waals surface area contributed by atoms with E-state index in [0.29, 0.717) is 11.5 Å². The monoisotopic (exact) mass is 470 g/mol. The lowest BCUT2D eigenvalue weighted by Crippen LogP contribution is -2.41. The first-order valence-corrected chi connectivity index (χ1v) is 11.3. The smallest absolute Gasteiger partial charge is 0.387 e. The summed E-state index contributed by atoms with van der Waals surface area (Å²) in [6.07, 6.45) is 0.576. The topological polar surface area (TPSA) is 94.2 Å². The lowest BCUT2D eigenvalue weighted by Gasteiger charge is -2.30. The van der Waals surface area contributed by atoms with E-state index in [2.05, 4.69) is 10.1 Å². The van der Waals surface area contributed by atoms with Gasteiger partial charge in [0.25, 0.3) is 0 Å². The quantitative estimate of drug-likeness (QED) is 0.636. The Hall–Kier alpha value is -2.92. The van der Waals surface area contributed by atoms with Crippen LogP contribution in [0.1, 0.15) is 12.8 Å². The maximum absolute atomic E-state index is 13.0. The van der Waals surface area contributed by atoms with Crippen molar-refractivity contribution in [2.24, 2.45) is 5.92 Å². The summed E-state index contributed by atoms with van der Waals surface area (Å²) in [4.78, 5) is 12.7. The zero-order chi connectivity index (χ0) is 23.3. The molecule has 8 nitrogen and oxygen atoms in total. The molecular formula is C21H24F2N2O6S. The maximum Gasteiger partial charge on any atom is 0.387 e. The van der Waals surface area contributed by atoms with Crippen LogP contribution in [0.3, 0.4) is 0 Å². The summed E-state index contributed by atoms with van der Waals surface area (Å²) >= 11 is 0. The molecule has 3 rings (SSSR count). The summed E-state index contributed by atoms with van der Waals surface area (Å²) in [6, 6.07) is 10.3. The highest BCUT2D eigenvalue weighted by Gasteiger charge is 2.33. The van der Waals surface area contributed by atoms with Gasteiger partial charge >= 0.3 is 6.61 Å². The maximum atomic E-state index is 13.0. The Morgan fingerprint density at radius 1 is 1.03 bits per heavy atom. The number of methoxy groups -OCH3 is 2. The predicted molar refractivity (Wildman–Crippen MR) is 113 cm³/mol. The second kappa shape index (κ2) is 10.1. The van der Waals surface area contributed by atoms with Crippen LogP contribution in [-0.2, 0) is 14.8 Å². The molecule has 32 heavy (non-hydrogen) atoms. The van der Waals surface area contributed by atoms with E-state index in [4.69, 9.17) is 9.47 Å². The molecule has 1 N–H and O–H groups in total. The Bertz CT molecular complexity index is 1060. The molecule has 0 saturated carbocycles. The van der Waals surface area contributed by atoms with Crippen molar-refractivity contribution in [2.45, 2.75) is 24.3 Å². The highest BCUT2D eigenvalue weighted by molar-refractivity contribution is 7.89. The minimum atomic E-state index is -3.79. The molecule has 1 amide bonds. The number of nitrogens with zero attached hydrogens (tertiary/aromatic N) is 1. The summed E-state index contributed by atoms with van der Waals surface area (Å²) in [5.41, 5.74) is 0.137. The summed E-state index contributed by atoms with van der Waals surface area (Å²) < 4.78 is 67.2. The van der Waals surface area contributed by atoms with Gasteiger partial charge in [-0.25, -0.2) is 8.42 Å². The van der Waals surface area contributed by atoms with Crippen LogP contribution in [0.2, 0.25) is 0 Å². The third-order valence-electron chi connectivity index (χ3n) is 5.18. The van der Waals surface area contributed by atoms with Crippen LogP contribution in [0.25, 0.3) is 0 Å².